The molecule has 0 aliphatic carbocycles. The van der Waals surface area contributed by atoms with E-state index < -0.39 is 9.85 Å². The second-order valence-corrected chi connectivity index (χ2v) is 4.03. The van der Waals surface area contributed by atoms with Crippen LogP contribution in [-0.4, -0.2) is 19.6 Å². The number of para-hydroxylation sites is 1. The molecule has 0 aliphatic heterocycles. The Labute approximate surface area is 113 Å². The van der Waals surface area contributed by atoms with Crippen molar-refractivity contribution < 1.29 is 9.85 Å². The number of nitrogens with one attached hydrogen (secondary N) is 1. The SMILES string of the molecule is Cn1cc([N+](=O)[O-])c(NCc2ccccc2[N+](=O)[O-])n1. The van der Waals surface area contributed by atoms with Crippen molar-refractivity contribution in [3.63, 3.8) is 0 Å². The largest absolute Gasteiger partial charge is 0.359 e. The molecular weight excluding hydrogens is 266 g/mol. The molecule has 2 rings (SSSR count). The summed E-state index contributed by atoms with van der Waals surface area (Å²) in [6.07, 6.45) is 1.27. The maximum Gasteiger partial charge on any atom is 0.330 e. The van der Waals surface area contributed by atoms with Crippen molar-refractivity contribution in [2.75, 3.05) is 5.32 Å². The zero-order valence-electron chi connectivity index (χ0n) is 10.5. The Morgan fingerprint density at radius 3 is 2.50 bits per heavy atom. The number of aryl methyl sites for hydroxylation is 1. The van der Waals surface area contributed by atoms with Gasteiger partial charge in [0.25, 0.3) is 5.69 Å². The minimum absolute atomic E-state index is 0.0430. The van der Waals surface area contributed by atoms with Gasteiger partial charge in [-0.25, -0.2) is 0 Å². The molecule has 0 bridgehead atoms. The fourth-order valence-corrected chi connectivity index (χ4v) is 1.75. The standard InChI is InChI=1S/C11H11N5O4/c1-14-7-10(16(19)20)11(13-14)12-6-8-4-2-3-5-9(8)15(17)18/h2-5,7H,6H2,1H3,(H,12,13). The highest BCUT2D eigenvalue weighted by Gasteiger charge is 2.19. The molecule has 0 spiro atoms. The van der Waals surface area contributed by atoms with Crippen LogP contribution in [0, 0.1) is 20.2 Å². The molecule has 2 aromatic rings. The van der Waals surface area contributed by atoms with Crippen molar-refractivity contribution in [3.05, 3.63) is 56.3 Å². The van der Waals surface area contributed by atoms with Crippen LogP contribution in [0.3, 0.4) is 0 Å². The molecule has 1 aromatic heterocycles. The smallest absolute Gasteiger partial charge is 0.330 e. The van der Waals surface area contributed by atoms with E-state index in [1.54, 1.807) is 25.2 Å². The molecule has 104 valence electrons. The molecule has 0 amide bonds. The van der Waals surface area contributed by atoms with Gasteiger partial charge >= 0.3 is 5.69 Å². The number of nitro benzene ring substituents is 1. The second-order valence-electron chi connectivity index (χ2n) is 4.03. The first kappa shape index (κ1) is 13.5. The molecule has 0 atom stereocenters. The van der Waals surface area contributed by atoms with Crippen LogP contribution in [0.2, 0.25) is 0 Å². The molecule has 0 fully saturated rings. The lowest BCUT2D eigenvalue weighted by molar-refractivity contribution is -0.385. The summed E-state index contributed by atoms with van der Waals surface area (Å²) in [7, 11) is 1.56. The van der Waals surface area contributed by atoms with Crippen molar-refractivity contribution in [3.8, 4) is 0 Å². The highest BCUT2D eigenvalue weighted by atomic mass is 16.6. The van der Waals surface area contributed by atoms with Gasteiger partial charge in [0.05, 0.1) is 9.85 Å². The molecule has 0 radical (unpaired) electrons. The number of nitrogens with zero attached hydrogens (tertiary/aromatic N) is 4. The molecular formula is C11H11N5O4. The number of rotatable bonds is 5. The van der Waals surface area contributed by atoms with Crippen molar-refractivity contribution in [2.24, 2.45) is 7.05 Å². The van der Waals surface area contributed by atoms with Crippen LogP contribution in [0.25, 0.3) is 0 Å². The molecule has 0 saturated heterocycles. The summed E-state index contributed by atoms with van der Waals surface area (Å²) in [5, 5.41) is 28.4. The van der Waals surface area contributed by atoms with Crippen LogP contribution in [0.15, 0.2) is 30.5 Å². The maximum absolute atomic E-state index is 10.9. The number of aromatic nitrogens is 2. The predicted octanol–water partition coefficient (Wildman–Crippen LogP) is 1.85. The van der Waals surface area contributed by atoms with Crippen LogP contribution in [0.4, 0.5) is 17.2 Å². The molecule has 9 nitrogen and oxygen atoms in total. The molecule has 1 aromatic carbocycles. The van der Waals surface area contributed by atoms with Gasteiger partial charge in [-0.2, -0.15) is 0 Å². The Balaban J connectivity index is 2.21. The van der Waals surface area contributed by atoms with Gasteiger partial charge in [-0.15, -0.1) is 5.10 Å². The van der Waals surface area contributed by atoms with Gasteiger partial charge in [-0.1, -0.05) is 18.2 Å². The Kier molecular flexibility index (Phi) is 3.60. The average Bonchev–Trinajstić information content (AvgIpc) is 2.78. The van der Waals surface area contributed by atoms with Crippen LogP contribution in [0.1, 0.15) is 5.56 Å². The summed E-state index contributed by atoms with van der Waals surface area (Å²) < 4.78 is 1.31. The Hall–Kier alpha value is -2.97. The first-order valence-corrected chi connectivity index (χ1v) is 5.63. The normalized spacial score (nSPS) is 10.2. The summed E-state index contributed by atoms with van der Waals surface area (Å²) in [6, 6.07) is 6.19. The van der Waals surface area contributed by atoms with E-state index in [-0.39, 0.29) is 23.7 Å². The molecule has 1 heterocycles. The first-order valence-electron chi connectivity index (χ1n) is 5.63. The molecule has 0 aliphatic rings. The summed E-state index contributed by atoms with van der Waals surface area (Å²) >= 11 is 0. The number of hydrogen-bond acceptors (Lipinski definition) is 6. The van der Waals surface area contributed by atoms with Crippen LogP contribution >= 0.6 is 0 Å². The Bertz CT molecular complexity index is 667. The monoisotopic (exact) mass is 277 g/mol. The quantitative estimate of drug-likeness (QED) is 0.658. The Morgan fingerprint density at radius 1 is 1.20 bits per heavy atom. The lowest BCUT2D eigenvalue weighted by Crippen LogP contribution is -2.05. The van der Waals surface area contributed by atoms with Crippen LogP contribution < -0.4 is 5.32 Å². The molecule has 20 heavy (non-hydrogen) atoms. The van der Waals surface area contributed by atoms with Crippen LogP contribution in [0.5, 0.6) is 0 Å². The summed E-state index contributed by atoms with van der Waals surface area (Å²) in [6.45, 7) is 0.0784. The third kappa shape index (κ3) is 2.71. The van der Waals surface area contributed by atoms with E-state index in [0.29, 0.717) is 5.56 Å². The van der Waals surface area contributed by atoms with E-state index in [1.807, 2.05) is 0 Å². The molecule has 1 N–H and O–H groups in total. The van der Waals surface area contributed by atoms with Gasteiger partial charge in [-0.3, -0.25) is 24.9 Å². The predicted molar refractivity (Wildman–Crippen MR) is 70.3 cm³/mol. The number of anilines is 1. The zero-order valence-corrected chi connectivity index (χ0v) is 10.5. The van der Waals surface area contributed by atoms with Gasteiger partial charge < -0.3 is 5.32 Å². The fraction of sp³-hybridized carbons (Fsp3) is 0.182. The maximum atomic E-state index is 10.9. The fourth-order valence-electron chi connectivity index (χ4n) is 1.75. The summed E-state index contributed by atoms with van der Waals surface area (Å²) in [5.74, 6) is 0.0793. The lowest BCUT2D eigenvalue weighted by atomic mass is 10.2. The summed E-state index contributed by atoms with van der Waals surface area (Å²) in [4.78, 5) is 20.6. The van der Waals surface area contributed by atoms with Gasteiger partial charge in [0, 0.05) is 25.2 Å². The number of hydrogen-bond donors (Lipinski definition) is 1. The third-order valence-electron chi connectivity index (χ3n) is 2.64. The average molecular weight is 277 g/mol. The topological polar surface area (TPSA) is 116 Å². The van der Waals surface area contributed by atoms with Gasteiger partial charge in [-0.05, 0) is 0 Å². The Morgan fingerprint density at radius 2 is 1.85 bits per heavy atom. The van der Waals surface area contributed by atoms with Crippen molar-refractivity contribution in [1.82, 2.24) is 9.78 Å². The molecule has 0 saturated carbocycles. The number of benzene rings is 1. The first-order chi connectivity index (χ1) is 9.49. The van der Waals surface area contributed by atoms with E-state index in [4.69, 9.17) is 0 Å². The van der Waals surface area contributed by atoms with Gasteiger partial charge in [0.15, 0.2) is 0 Å². The highest BCUT2D eigenvalue weighted by Crippen LogP contribution is 2.24. The van der Waals surface area contributed by atoms with Crippen molar-refractivity contribution >= 4 is 17.2 Å². The van der Waals surface area contributed by atoms with E-state index in [9.17, 15) is 20.2 Å². The minimum Gasteiger partial charge on any atom is -0.359 e. The lowest BCUT2D eigenvalue weighted by Gasteiger charge is -2.04. The van der Waals surface area contributed by atoms with E-state index in [0.717, 1.165) is 0 Å². The molecule has 0 unspecified atom stereocenters. The second kappa shape index (κ2) is 5.34. The van der Waals surface area contributed by atoms with E-state index in [2.05, 4.69) is 10.4 Å². The highest BCUT2D eigenvalue weighted by molar-refractivity contribution is 5.55. The zero-order chi connectivity index (χ0) is 14.7. The van der Waals surface area contributed by atoms with Crippen molar-refractivity contribution in [2.45, 2.75) is 6.54 Å². The number of nitro groups is 2. The van der Waals surface area contributed by atoms with Gasteiger partial charge in [0.1, 0.15) is 6.20 Å². The van der Waals surface area contributed by atoms with E-state index in [1.165, 1.54) is 16.9 Å². The van der Waals surface area contributed by atoms with Crippen LogP contribution in [-0.2, 0) is 13.6 Å². The summed E-state index contributed by atoms with van der Waals surface area (Å²) in [5.41, 5.74) is 0.210. The molecule has 9 heteroatoms. The minimum atomic E-state index is -0.561. The van der Waals surface area contributed by atoms with Crippen molar-refractivity contribution in [1.29, 1.82) is 0 Å². The van der Waals surface area contributed by atoms with Gasteiger partial charge in [0.2, 0.25) is 5.82 Å². The third-order valence-corrected chi connectivity index (χ3v) is 2.64. The van der Waals surface area contributed by atoms with E-state index >= 15 is 0 Å².